The van der Waals surface area contributed by atoms with E-state index in [9.17, 15) is 9.18 Å². The molecule has 0 saturated carbocycles. The summed E-state index contributed by atoms with van der Waals surface area (Å²) in [5, 5.41) is 8.68. The lowest BCUT2D eigenvalue weighted by Crippen LogP contribution is -2.02. The second-order valence-electron chi connectivity index (χ2n) is 3.58. The van der Waals surface area contributed by atoms with E-state index in [2.05, 4.69) is 4.98 Å². The highest BCUT2D eigenvalue weighted by molar-refractivity contribution is 5.85. The molecule has 2 rings (SSSR count). The average Bonchev–Trinajstić information content (AvgIpc) is 2.38. The van der Waals surface area contributed by atoms with Crippen molar-refractivity contribution in [3.8, 4) is 5.75 Å². The molecule has 0 bridgehead atoms. The molecule has 0 saturated heterocycles. The number of aromatic nitrogens is 1. The molecule has 1 N–H and O–H groups in total. The second-order valence-corrected chi connectivity index (χ2v) is 3.58. The fourth-order valence-electron chi connectivity index (χ4n) is 1.36. The average molecular weight is 247 g/mol. The van der Waals surface area contributed by atoms with E-state index < -0.39 is 11.8 Å². The molecule has 2 aromatic rings. The summed E-state index contributed by atoms with van der Waals surface area (Å²) in [6, 6.07) is 9.03. The van der Waals surface area contributed by atoms with E-state index in [-0.39, 0.29) is 18.1 Å². The van der Waals surface area contributed by atoms with E-state index in [1.54, 1.807) is 18.2 Å². The summed E-state index contributed by atoms with van der Waals surface area (Å²) in [6.45, 7) is 0.133. The normalized spacial score (nSPS) is 10.1. The molecule has 1 aromatic carbocycles. The predicted octanol–water partition coefficient (Wildman–Crippen LogP) is 2.50. The van der Waals surface area contributed by atoms with Gasteiger partial charge in [-0.3, -0.25) is 0 Å². The Morgan fingerprint density at radius 3 is 2.67 bits per heavy atom. The maximum atomic E-state index is 13.2. The second kappa shape index (κ2) is 5.27. The molecule has 1 aromatic heterocycles. The Labute approximate surface area is 103 Å². The van der Waals surface area contributed by atoms with E-state index in [1.165, 1.54) is 24.4 Å². The SMILES string of the molecule is O=C(O)c1ccc(COc2ccccc2F)cn1. The molecule has 1 heterocycles. The van der Waals surface area contributed by atoms with Crippen molar-refractivity contribution in [3.05, 3.63) is 59.7 Å². The highest BCUT2D eigenvalue weighted by atomic mass is 19.1. The van der Waals surface area contributed by atoms with Crippen LogP contribution in [0.4, 0.5) is 4.39 Å². The van der Waals surface area contributed by atoms with Gasteiger partial charge in [0, 0.05) is 11.8 Å². The summed E-state index contributed by atoms with van der Waals surface area (Å²) in [5.74, 6) is -1.37. The number of ether oxygens (including phenoxy) is 1. The van der Waals surface area contributed by atoms with Crippen LogP contribution in [0.2, 0.25) is 0 Å². The highest BCUT2D eigenvalue weighted by Gasteiger charge is 2.05. The molecule has 0 aliphatic carbocycles. The van der Waals surface area contributed by atoms with Gasteiger partial charge < -0.3 is 9.84 Å². The minimum absolute atomic E-state index is 0.0374. The molecule has 0 radical (unpaired) electrons. The Kier molecular flexibility index (Phi) is 3.52. The lowest BCUT2D eigenvalue weighted by molar-refractivity contribution is 0.0690. The van der Waals surface area contributed by atoms with Crippen molar-refractivity contribution in [1.82, 2.24) is 4.98 Å². The van der Waals surface area contributed by atoms with E-state index in [4.69, 9.17) is 9.84 Å². The Morgan fingerprint density at radius 1 is 1.28 bits per heavy atom. The van der Waals surface area contributed by atoms with Gasteiger partial charge in [0.1, 0.15) is 12.3 Å². The summed E-state index contributed by atoms with van der Waals surface area (Å²) < 4.78 is 18.5. The zero-order chi connectivity index (χ0) is 13.0. The van der Waals surface area contributed by atoms with Gasteiger partial charge in [-0.05, 0) is 18.2 Å². The number of carboxylic acids is 1. The standard InChI is InChI=1S/C13H10FNO3/c14-10-3-1-2-4-12(10)18-8-9-5-6-11(13(16)17)15-7-9/h1-7H,8H2,(H,16,17). The third kappa shape index (κ3) is 2.82. The van der Waals surface area contributed by atoms with Gasteiger partial charge in [-0.1, -0.05) is 18.2 Å². The van der Waals surface area contributed by atoms with E-state index >= 15 is 0 Å². The molecule has 92 valence electrons. The summed E-state index contributed by atoms with van der Waals surface area (Å²) in [6.07, 6.45) is 1.39. The molecule has 0 aliphatic rings. The molecule has 4 nitrogen and oxygen atoms in total. The van der Waals surface area contributed by atoms with Crippen LogP contribution < -0.4 is 4.74 Å². The Balaban J connectivity index is 2.02. The topological polar surface area (TPSA) is 59.4 Å². The third-order valence-corrected chi connectivity index (χ3v) is 2.27. The van der Waals surface area contributed by atoms with Crippen molar-refractivity contribution in [2.45, 2.75) is 6.61 Å². The fourth-order valence-corrected chi connectivity index (χ4v) is 1.36. The fraction of sp³-hybridized carbons (Fsp3) is 0.0769. The lowest BCUT2D eigenvalue weighted by Gasteiger charge is -2.06. The zero-order valence-corrected chi connectivity index (χ0v) is 9.34. The van der Waals surface area contributed by atoms with Crippen LogP contribution in [0.5, 0.6) is 5.75 Å². The number of pyridine rings is 1. The summed E-state index contributed by atoms with van der Waals surface area (Å²) in [4.78, 5) is 14.3. The van der Waals surface area contributed by atoms with Crippen LogP contribution >= 0.6 is 0 Å². The number of nitrogens with zero attached hydrogens (tertiary/aromatic N) is 1. The van der Waals surface area contributed by atoms with Gasteiger partial charge in [0.25, 0.3) is 0 Å². The third-order valence-electron chi connectivity index (χ3n) is 2.27. The van der Waals surface area contributed by atoms with Gasteiger partial charge >= 0.3 is 5.97 Å². The summed E-state index contributed by atoms with van der Waals surface area (Å²) >= 11 is 0. The molecule has 18 heavy (non-hydrogen) atoms. The molecule has 0 spiro atoms. The van der Waals surface area contributed by atoms with Gasteiger partial charge in [0.05, 0.1) is 0 Å². The molecular formula is C13H10FNO3. The van der Waals surface area contributed by atoms with Crippen molar-refractivity contribution in [2.75, 3.05) is 0 Å². The van der Waals surface area contributed by atoms with Crippen LogP contribution in [0, 0.1) is 5.82 Å². The largest absolute Gasteiger partial charge is 0.486 e. The van der Waals surface area contributed by atoms with Crippen LogP contribution in [-0.4, -0.2) is 16.1 Å². The van der Waals surface area contributed by atoms with Crippen LogP contribution in [0.15, 0.2) is 42.6 Å². The minimum Gasteiger partial charge on any atom is -0.486 e. The van der Waals surface area contributed by atoms with E-state index in [0.29, 0.717) is 5.56 Å². The number of carbonyl (C=O) groups is 1. The molecule has 0 aliphatic heterocycles. The van der Waals surface area contributed by atoms with Crippen molar-refractivity contribution >= 4 is 5.97 Å². The molecule has 5 heteroatoms. The first-order valence-corrected chi connectivity index (χ1v) is 5.22. The minimum atomic E-state index is -1.09. The monoisotopic (exact) mass is 247 g/mol. The predicted molar refractivity (Wildman–Crippen MR) is 61.9 cm³/mol. The van der Waals surface area contributed by atoms with Crippen molar-refractivity contribution in [2.24, 2.45) is 0 Å². The van der Waals surface area contributed by atoms with Gasteiger partial charge in [-0.25, -0.2) is 14.2 Å². The number of para-hydroxylation sites is 1. The van der Waals surface area contributed by atoms with Crippen LogP contribution in [0.1, 0.15) is 16.1 Å². The summed E-state index contributed by atoms with van der Waals surface area (Å²) in [5.41, 5.74) is 0.632. The molecule has 0 unspecified atom stereocenters. The number of aromatic carboxylic acids is 1. The van der Waals surface area contributed by atoms with Gasteiger partial charge in [-0.15, -0.1) is 0 Å². The van der Waals surface area contributed by atoms with Crippen LogP contribution in [0.25, 0.3) is 0 Å². The lowest BCUT2D eigenvalue weighted by atomic mass is 10.2. The molecule has 0 atom stereocenters. The van der Waals surface area contributed by atoms with Gasteiger partial charge in [0.2, 0.25) is 0 Å². The smallest absolute Gasteiger partial charge is 0.354 e. The quantitative estimate of drug-likeness (QED) is 0.901. The maximum absolute atomic E-state index is 13.2. The van der Waals surface area contributed by atoms with Crippen molar-refractivity contribution < 1.29 is 19.0 Å². The Bertz CT molecular complexity index is 554. The van der Waals surface area contributed by atoms with Crippen molar-refractivity contribution in [3.63, 3.8) is 0 Å². The number of carboxylic acid groups (broad SMARTS) is 1. The maximum Gasteiger partial charge on any atom is 0.354 e. The molecular weight excluding hydrogens is 237 g/mol. The number of halogens is 1. The number of benzene rings is 1. The van der Waals surface area contributed by atoms with E-state index in [1.807, 2.05) is 0 Å². The van der Waals surface area contributed by atoms with Crippen LogP contribution in [-0.2, 0) is 6.61 Å². The van der Waals surface area contributed by atoms with Crippen molar-refractivity contribution in [1.29, 1.82) is 0 Å². The Hall–Kier alpha value is -2.43. The first-order chi connectivity index (χ1) is 8.66. The number of rotatable bonds is 4. The molecule has 0 fully saturated rings. The highest BCUT2D eigenvalue weighted by Crippen LogP contribution is 2.16. The van der Waals surface area contributed by atoms with Gasteiger partial charge in [-0.2, -0.15) is 0 Å². The first kappa shape index (κ1) is 12.0. The number of hydrogen-bond acceptors (Lipinski definition) is 3. The summed E-state index contributed by atoms with van der Waals surface area (Å²) in [7, 11) is 0. The van der Waals surface area contributed by atoms with E-state index in [0.717, 1.165) is 0 Å². The van der Waals surface area contributed by atoms with Crippen LogP contribution in [0.3, 0.4) is 0 Å². The first-order valence-electron chi connectivity index (χ1n) is 5.22. The molecule has 0 amide bonds. The van der Waals surface area contributed by atoms with Gasteiger partial charge in [0.15, 0.2) is 11.6 Å². The number of hydrogen-bond donors (Lipinski definition) is 1. The zero-order valence-electron chi connectivity index (χ0n) is 9.34. The Morgan fingerprint density at radius 2 is 2.06 bits per heavy atom.